The lowest BCUT2D eigenvalue weighted by Crippen LogP contribution is -2.33. The first-order chi connectivity index (χ1) is 8.29. The van der Waals surface area contributed by atoms with Gasteiger partial charge in [0.2, 0.25) is 0 Å². The van der Waals surface area contributed by atoms with E-state index >= 15 is 0 Å². The highest BCUT2D eigenvalue weighted by Crippen LogP contribution is 2.41. The molecule has 1 saturated heterocycles. The summed E-state index contributed by atoms with van der Waals surface area (Å²) >= 11 is 0. The molecule has 2 rings (SSSR count). The Morgan fingerprint density at radius 2 is 1.76 bits per heavy atom. The predicted octanol–water partition coefficient (Wildman–Crippen LogP) is 2.56. The second-order valence-corrected chi connectivity index (χ2v) is 4.77. The summed E-state index contributed by atoms with van der Waals surface area (Å²) in [6, 6.07) is 0. The van der Waals surface area contributed by atoms with Gasteiger partial charge < -0.3 is 14.6 Å². The summed E-state index contributed by atoms with van der Waals surface area (Å²) in [7, 11) is 0. The Morgan fingerprint density at radius 1 is 1.12 bits per heavy atom. The Kier molecular flexibility index (Phi) is 4.37. The molecule has 2 atom stereocenters. The minimum atomic E-state index is -0.368. The van der Waals surface area contributed by atoms with Crippen LogP contribution < -0.4 is 0 Å². The second kappa shape index (κ2) is 5.80. The molecule has 2 aliphatic rings. The topological polar surface area (TPSA) is 38.7 Å². The van der Waals surface area contributed by atoms with Gasteiger partial charge in [-0.2, -0.15) is 0 Å². The molecule has 96 valence electrons. The summed E-state index contributed by atoms with van der Waals surface area (Å²) in [6.07, 6.45) is 13.2. The second-order valence-electron chi connectivity index (χ2n) is 4.77. The lowest BCUT2D eigenvalue weighted by Gasteiger charge is -2.31. The molecular weight excluding hydrogens is 216 g/mol. The number of aliphatic hydroxyl groups is 1. The van der Waals surface area contributed by atoms with Crippen LogP contribution in [-0.4, -0.2) is 29.7 Å². The van der Waals surface area contributed by atoms with Gasteiger partial charge in [-0.25, -0.2) is 0 Å². The standard InChI is InChI=1S/C14H22O3/c1-2-7-12-13(8-6-11-15)17-14(16-12)9-4-3-5-10-14/h2,6-8,12-13,15H,3-5,9-11H2,1H3/b7-2-,8-6+/t12-,13+/m1/s1. The van der Waals surface area contributed by atoms with Gasteiger partial charge in [0.25, 0.3) is 0 Å². The van der Waals surface area contributed by atoms with E-state index in [1.165, 1.54) is 19.3 Å². The third kappa shape index (κ3) is 2.97. The lowest BCUT2D eigenvalue weighted by molar-refractivity contribution is -0.188. The molecule has 1 saturated carbocycles. The summed E-state index contributed by atoms with van der Waals surface area (Å²) in [5.41, 5.74) is 0. The minimum absolute atomic E-state index is 0.0131. The Bertz CT molecular complexity index is 290. The van der Waals surface area contributed by atoms with Crippen molar-refractivity contribution in [2.45, 2.75) is 57.0 Å². The largest absolute Gasteiger partial charge is 0.392 e. The SMILES string of the molecule is C/C=C\[C@H]1OC2(CCCCC2)O[C@H]1/C=C/CO. The van der Waals surface area contributed by atoms with Crippen LogP contribution in [0.4, 0.5) is 0 Å². The zero-order valence-corrected chi connectivity index (χ0v) is 10.5. The van der Waals surface area contributed by atoms with E-state index in [0.717, 1.165) is 12.8 Å². The van der Waals surface area contributed by atoms with Crippen LogP contribution in [0.3, 0.4) is 0 Å². The fourth-order valence-electron chi connectivity index (χ4n) is 2.67. The van der Waals surface area contributed by atoms with Crippen LogP contribution in [0.5, 0.6) is 0 Å². The number of aliphatic hydroxyl groups excluding tert-OH is 1. The van der Waals surface area contributed by atoms with Crippen molar-refractivity contribution in [2.24, 2.45) is 0 Å². The summed E-state index contributed by atoms with van der Waals surface area (Å²) in [6.45, 7) is 2.04. The van der Waals surface area contributed by atoms with Gasteiger partial charge >= 0.3 is 0 Å². The van der Waals surface area contributed by atoms with Crippen LogP contribution in [-0.2, 0) is 9.47 Å². The highest BCUT2D eigenvalue weighted by molar-refractivity contribution is 5.07. The van der Waals surface area contributed by atoms with E-state index in [-0.39, 0.29) is 24.6 Å². The fourth-order valence-corrected chi connectivity index (χ4v) is 2.67. The quantitative estimate of drug-likeness (QED) is 0.768. The fraction of sp³-hybridized carbons (Fsp3) is 0.714. The zero-order chi connectivity index (χ0) is 12.1. The molecule has 3 heteroatoms. The Morgan fingerprint density at radius 3 is 2.35 bits per heavy atom. The van der Waals surface area contributed by atoms with Gasteiger partial charge in [-0.3, -0.25) is 0 Å². The number of hydrogen-bond donors (Lipinski definition) is 1. The van der Waals surface area contributed by atoms with E-state index in [0.29, 0.717) is 0 Å². The highest BCUT2D eigenvalue weighted by atomic mass is 16.8. The van der Waals surface area contributed by atoms with Crippen LogP contribution >= 0.6 is 0 Å². The smallest absolute Gasteiger partial charge is 0.170 e. The molecule has 0 aromatic rings. The van der Waals surface area contributed by atoms with Crippen LogP contribution in [0.25, 0.3) is 0 Å². The first-order valence-electron chi connectivity index (χ1n) is 6.56. The Balaban J connectivity index is 2.07. The molecule has 0 aromatic heterocycles. The van der Waals surface area contributed by atoms with Crippen LogP contribution in [0.15, 0.2) is 24.3 Å². The molecule has 3 nitrogen and oxygen atoms in total. The molecule has 2 fully saturated rings. The van der Waals surface area contributed by atoms with Crippen molar-refractivity contribution in [3.63, 3.8) is 0 Å². The number of allylic oxidation sites excluding steroid dienone is 1. The number of ether oxygens (including phenoxy) is 2. The molecule has 1 heterocycles. The van der Waals surface area contributed by atoms with Gasteiger partial charge in [-0.1, -0.05) is 30.7 Å². The lowest BCUT2D eigenvalue weighted by atomic mass is 9.94. The van der Waals surface area contributed by atoms with Crippen LogP contribution in [0.2, 0.25) is 0 Å². The van der Waals surface area contributed by atoms with E-state index in [2.05, 4.69) is 0 Å². The molecule has 0 radical (unpaired) electrons. The van der Waals surface area contributed by atoms with Gasteiger partial charge in [-0.15, -0.1) is 0 Å². The molecule has 0 amide bonds. The van der Waals surface area contributed by atoms with Crippen molar-refractivity contribution in [3.05, 3.63) is 24.3 Å². The number of hydrogen-bond acceptors (Lipinski definition) is 3. The Labute approximate surface area is 103 Å². The third-order valence-corrected chi connectivity index (χ3v) is 3.45. The summed E-state index contributed by atoms with van der Waals surface area (Å²) < 4.78 is 12.2. The first kappa shape index (κ1) is 12.8. The predicted molar refractivity (Wildman–Crippen MR) is 66.6 cm³/mol. The van der Waals surface area contributed by atoms with Crippen molar-refractivity contribution in [1.29, 1.82) is 0 Å². The van der Waals surface area contributed by atoms with Gasteiger partial charge in [0.05, 0.1) is 6.61 Å². The summed E-state index contributed by atoms with van der Waals surface area (Å²) in [5, 5.41) is 8.84. The molecule has 0 unspecified atom stereocenters. The van der Waals surface area contributed by atoms with E-state index in [9.17, 15) is 0 Å². The molecule has 1 aliphatic heterocycles. The van der Waals surface area contributed by atoms with Crippen molar-refractivity contribution in [1.82, 2.24) is 0 Å². The van der Waals surface area contributed by atoms with Crippen molar-refractivity contribution in [2.75, 3.05) is 6.61 Å². The Hall–Kier alpha value is -0.640. The van der Waals surface area contributed by atoms with Gasteiger partial charge in [0, 0.05) is 12.8 Å². The third-order valence-electron chi connectivity index (χ3n) is 3.45. The minimum Gasteiger partial charge on any atom is -0.392 e. The molecular formula is C14H22O3. The molecule has 1 aliphatic carbocycles. The average molecular weight is 238 g/mol. The molecule has 0 bridgehead atoms. The first-order valence-corrected chi connectivity index (χ1v) is 6.56. The monoisotopic (exact) mass is 238 g/mol. The van der Waals surface area contributed by atoms with E-state index in [1.54, 1.807) is 6.08 Å². The van der Waals surface area contributed by atoms with E-state index in [4.69, 9.17) is 14.6 Å². The summed E-state index contributed by atoms with van der Waals surface area (Å²) in [5.74, 6) is -0.368. The highest BCUT2D eigenvalue weighted by Gasteiger charge is 2.45. The van der Waals surface area contributed by atoms with Gasteiger partial charge in [0.1, 0.15) is 12.2 Å². The van der Waals surface area contributed by atoms with E-state index in [1.807, 2.05) is 25.2 Å². The van der Waals surface area contributed by atoms with Crippen LogP contribution in [0.1, 0.15) is 39.0 Å². The maximum absolute atomic E-state index is 8.84. The maximum atomic E-state index is 8.84. The van der Waals surface area contributed by atoms with Gasteiger partial charge in [-0.05, 0) is 19.8 Å². The molecule has 1 N–H and O–H groups in total. The van der Waals surface area contributed by atoms with Crippen LogP contribution in [0, 0.1) is 0 Å². The van der Waals surface area contributed by atoms with Crippen molar-refractivity contribution < 1.29 is 14.6 Å². The summed E-state index contributed by atoms with van der Waals surface area (Å²) in [4.78, 5) is 0. The molecule has 17 heavy (non-hydrogen) atoms. The van der Waals surface area contributed by atoms with Gasteiger partial charge in [0.15, 0.2) is 5.79 Å². The number of rotatable bonds is 3. The average Bonchev–Trinajstić information content (AvgIpc) is 2.66. The zero-order valence-electron chi connectivity index (χ0n) is 10.5. The maximum Gasteiger partial charge on any atom is 0.170 e. The van der Waals surface area contributed by atoms with E-state index < -0.39 is 0 Å². The molecule has 1 spiro atoms. The van der Waals surface area contributed by atoms with Crippen molar-refractivity contribution in [3.8, 4) is 0 Å². The normalized spacial score (nSPS) is 33.1. The van der Waals surface area contributed by atoms with Crippen molar-refractivity contribution >= 4 is 0 Å². The molecule has 0 aromatic carbocycles.